The van der Waals surface area contributed by atoms with Crippen molar-refractivity contribution < 1.29 is 4.79 Å². The molecule has 0 radical (unpaired) electrons. The average Bonchev–Trinajstić information content (AvgIpc) is 2.94. The Morgan fingerprint density at radius 1 is 1.35 bits per heavy atom. The van der Waals surface area contributed by atoms with Crippen molar-refractivity contribution in [1.29, 1.82) is 0 Å². The molecule has 4 heteroatoms. The number of benzene rings is 1. The van der Waals surface area contributed by atoms with Gasteiger partial charge >= 0.3 is 0 Å². The molecule has 1 aromatic carbocycles. The molecule has 4 nitrogen and oxygen atoms in total. The van der Waals surface area contributed by atoms with Crippen LogP contribution in [-0.2, 0) is 4.79 Å². The van der Waals surface area contributed by atoms with Gasteiger partial charge in [0.05, 0.1) is 6.04 Å². The number of nitrogens with one attached hydrogen (secondary N) is 2. The molecule has 2 heterocycles. The maximum absolute atomic E-state index is 12.3. The van der Waals surface area contributed by atoms with Gasteiger partial charge in [-0.05, 0) is 44.4 Å². The van der Waals surface area contributed by atoms with Crippen molar-refractivity contribution in [2.24, 2.45) is 5.92 Å². The molecule has 0 saturated carbocycles. The van der Waals surface area contributed by atoms with Gasteiger partial charge in [-0.15, -0.1) is 0 Å². The molecule has 108 valence electrons. The van der Waals surface area contributed by atoms with Crippen LogP contribution in [0.2, 0.25) is 0 Å². The lowest BCUT2D eigenvalue weighted by molar-refractivity contribution is -0.121. The van der Waals surface area contributed by atoms with Crippen LogP contribution in [-0.4, -0.2) is 42.5 Å². The second-order valence-electron chi connectivity index (χ2n) is 5.92. The van der Waals surface area contributed by atoms with Crippen molar-refractivity contribution in [1.82, 2.24) is 10.2 Å². The number of para-hydroxylation sites is 1. The van der Waals surface area contributed by atoms with E-state index in [0.717, 1.165) is 37.7 Å². The zero-order valence-electron chi connectivity index (χ0n) is 12.0. The lowest BCUT2D eigenvalue weighted by Crippen LogP contribution is -2.51. The highest BCUT2D eigenvalue weighted by atomic mass is 16.2. The second-order valence-corrected chi connectivity index (χ2v) is 5.92. The molecule has 2 aliphatic rings. The van der Waals surface area contributed by atoms with Crippen molar-refractivity contribution in [3.63, 3.8) is 0 Å². The van der Waals surface area contributed by atoms with Crippen molar-refractivity contribution in [3.05, 3.63) is 30.3 Å². The summed E-state index contributed by atoms with van der Waals surface area (Å²) in [4.78, 5) is 14.7. The van der Waals surface area contributed by atoms with Gasteiger partial charge in [0.25, 0.3) is 0 Å². The van der Waals surface area contributed by atoms with E-state index in [9.17, 15) is 4.79 Å². The van der Waals surface area contributed by atoms with Gasteiger partial charge in [0.1, 0.15) is 0 Å². The molecule has 3 atom stereocenters. The summed E-state index contributed by atoms with van der Waals surface area (Å²) in [5, 5.41) is 6.56. The number of piperidine rings is 1. The van der Waals surface area contributed by atoms with Crippen molar-refractivity contribution in [2.45, 2.75) is 31.8 Å². The summed E-state index contributed by atoms with van der Waals surface area (Å²) < 4.78 is 0. The predicted molar refractivity (Wildman–Crippen MR) is 80.6 cm³/mol. The molecule has 2 aliphatic heterocycles. The minimum absolute atomic E-state index is 0.0586. The molecule has 0 bridgehead atoms. The largest absolute Gasteiger partial charge is 0.325 e. The normalized spacial score (nSPS) is 27.9. The van der Waals surface area contributed by atoms with E-state index >= 15 is 0 Å². The molecular formula is C16H23N3O. The SMILES string of the molecule is CC(C(=O)Nc1ccccc1)N1CCC2NCCC2C1. The fourth-order valence-corrected chi connectivity index (χ4v) is 3.36. The van der Waals surface area contributed by atoms with E-state index in [4.69, 9.17) is 0 Å². The lowest BCUT2D eigenvalue weighted by atomic mass is 9.92. The molecule has 1 amide bonds. The van der Waals surface area contributed by atoms with Gasteiger partial charge in [0, 0.05) is 24.8 Å². The maximum atomic E-state index is 12.3. The fraction of sp³-hybridized carbons (Fsp3) is 0.562. The minimum atomic E-state index is -0.0586. The molecule has 1 aromatic rings. The smallest absolute Gasteiger partial charge is 0.241 e. The third-order valence-corrected chi connectivity index (χ3v) is 4.66. The van der Waals surface area contributed by atoms with Gasteiger partial charge in [0.2, 0.25) is 5.91 Å². The van der Waals surface area contributed by atoms with Gasteiger partial charge in [-0.2, -0.15) is 0 Å². The highest BCUT2D eigenvalue weighted by molar-refractivity contribution is 5.94. The van der Waals surface area contributed by atoms with Crippen LogP contribution in [0.4, 0.5) is 5.69 Å². The second kappa shape index (κ2) is 5.94. The zero-order valence-corrected chi connectivity index (χ0v) is 12.0. The van der Waals surface area contributed by atoms with E-state index < -0.39 is 0 Å². The van der Waals surface area contributed by atoms with Crippen LogP contribution in [0.3, 0.4) is 0 Å². The Morgan fingerprint density at radius 2 is 2.15 bits per heavy atom. The van der Waals surface area contributed by atoms with Crippen molar-refractivity contribution >= 4 is 11.6 Å². The summed E-state index contributed by atoms with van der Waals surface area (Å²) in [5.74, 6) is 0.816. The number of anilines is 1. The van der Waals surface area contributed by atoms with Crippen LogP contribution < -0.4 is 10.6 Å². The van der Waals surface area contributed by atoms with E-state index in [0.29, 0.717) is 6.04 Å². The number of rotatable bonds is 3. The Bertz CT molecular complexity index is 462. The monoisotopic (exact) mass is 273 g/mol. The van der Waals surface area contributed by atoms with Gasteiger partial charge < -0.3 is 10.6 Å². The van der Waals surface area contributed by atoms with Crippen LogP contribution in [0.5, 0.6) is 0 Å². The van der Waals surface area contributed by atoms with Crippen LogP contribution in [0.1, 0.15) is 19.8 Å². The summed E-state index contributed by atoms with van der Waals surface area (Å²) in [7, 11) is 0. The number of nitrogens with zero attached hydrogens (tertiary/aromatic N) is 1. The maximum Gasteiger partial charge on any atom is 0.241 e. The van der Waals surface area contributed by atoms with Crippen molar-refractivity contribution in [3.8, 4) is 0 Å². The number of amides is 1. The third kappa shape index (κ3) is 2.86. The van der Waals surface area contributed by atoms with Crippen LogP contribution >= 0.6 is 0 Å². The van der Waals surface area contributed by atoms with Crippen LogP contribution in [0, 0.1) is 5.92 Å². The molecule has 3 unspecified atom stereocenters. The molecule has 20 heavy (non-hydrogen) atoms. The van der Waals surface area contributed by atoms with E-state index in [1.54, 1.807) is 0 Å². The van der Waals surface area contributed by atoms with Crippen molar-refractivity contribution in [2.75, 3.05) is 25.0 Å². The Morgan fingerprint density at radius 3 is 2.95 bits per heavy atom. The predicted octanol–water partition coefficient (Wildman–Crippen LogP) is 1.70. The third-order valence-electron chi connectivity index (χ3n) is 4.66. The van der Waals surface area contributed by atoms with E-state index in [2.05, 4.69) is 15.5 Å². The first-order valence-corrected chi connectivity index (χ1v) is 7.57. The van der Waals surface area contributed by atoms with Gasteiger partial charge in [-0.3, -0.25) is 9.69 Å². The zero-order chi connectivity index (χ0) is 13.9. The molecule has 2 fully saturated rings. The van der Waals surface area contributed by atoms with E-state index in [1.807, 2.05) is 37.3 Å². The fourth-order valence-electron chi connectivity index (χ4n) is 3.36. The summed E-state index contributed by atoms with van der Waals surface area (Å²) in [6.07, 6.45) is 2.40. The molecular weight excluding hydrogens is 250 g/mol. The van der Waals surface area contributed by atoms with Gasteiger partial charge in [-0.1, -0.05) is 18.2 Å². The Labute approximate surface area is 120 Å². The molecule has 3 rings (SSSR count). The first kappa shape index (κ1) is 13.6. The lowest BCUT2D eigenvalue weighted by Gasteiger charge is -2.37. The topological polar surface area (TPSA) is 44.4 Å². The van der Waals surface area contributed by atoms with E-state index in [1.165, 1.54) is 6.42 Å². The highest BCUT2D eigenvalue weighted by Crippen LogP contribution is 2.25. The first-order chi connectivity index (χ1) is 9.74. The van der Waals surface area contributed by atoms with Crippen LogP contribution in [0.15, 0.2) is 30.3 Å². The van der Waals surface area contributed by atoms with Gasteiger partial charge in [-0.25, -0.2) is 0 Å². The number of likely N-dealkylation sites (tertiary alicyclic amines) is 1. The quantitative estimate of drug-likeness (QED) is 0.881. The molecule has 2 N–H and O–H groups in total. The number of carbonyl (C=O) groups is 1. The Balaban J connectivity index is 1.58. The summed E-state index contributed by atoms with van der Waals surface area (Å²) in [6, 6.07) is 10.3. The molecule has 0 spiro atoms. The van der Waals surface area contributed by atoms with Crippen LogP contribution in [0.25, 0.3) is 0 Å². The highest BCUT2D eigenvalue weighted by Gasteiger charge is 2.35. The Kier molecular flexibility index (Phi) is 4.03. The standard InChI is InChI=1S/C16H23N3O/c1-12(16(20)18-14-5-3-2-4-6-14)19-10-8-15-13(11-19)7-9-17-15/h2-6,12-13,15,17H,7-11H2,1H3,(H,18,20). The summed E-state index contributed by atoms with van der Waals surface area (Å²) in [5.41, 5.74) is 0.877. The van der Waals surface area contributed by atoms with E-state index in [-0.39, 0.29) is 11.9 Å². The minimum Gasteiger partial charge on any atom is -0.325 e. The summed E-state index contributed by atoms with van der Waals surface area (Å²) in [6.45, 7) is 5.20. The number of fused-ring (bicyclic) bond motifs is 1. The molecule has 0 aromatic heterocycles. The first-order valence-electron chi connectivity index (χ1n) is 7.57. The average molecular weight is 273 g/mol. The summed E-state index contributed by atoms with van der Waals surface area (Å²) >= 11 is 0. The Hall–Kier alpha value is -1.39. The molecule has 2 saturated heterocycles. The number of carbonyl (C=O) groups excluding carboxylic acids is 1. The number of hydrogen-bond acceptors (Lipinski definition) is 3. The van der Waals surface area contributed by atoms with Gasteiger partial charge in [0.15, 0.2) is 0 Å². The number of hydrogen-bond donors (Lipinski definition) is 2. The molecule has 0 aliphatic carbocycles.